The lowest BCUT2D eigenvalue weighted by Gasteiger charge is -2.57. The second-order valence-electron chi connectivity index (χ2n) is 9.44. The summed E-state index contributed by atoms with van der Waals surface area (Å²) in [5.74, 6) is 1.20. The van der Waals surface area contributed by atoms with E-state index in [0.717, 1.165) is 55.4 Å². The first-order chi connectivity index (χ1) is 15.4. The van der Waals surface area contributed by atoms with E-state index in [9.17, 15) is 9.59 Å². The molecular formula is C24H32N4O4. The molecule has 2 amide bonds. The molecule has 2 bridgehead atoms. The van der Waals surface area contributed by atoms with Crippen molar-refractivity contribution in [2.45, 2.75) is 37.8 Å². The van der Waals surface area contributed by atoms with Crippen LogP contribution in [0.4, 0.5) is 0 Å². The van der Waals surface area contributed by atoms with Gasteiger partial charge in [-0.1, -0.05) is 0 Å². The lowest BCUT2D eigenvalue weighted by molar-refractivity contribution is -0.152. The number of nitrogens with zero attached hydrogens (tertiary/aromatic N) is 3. The Morgan fingerprint density at radius 1 is 1.25 bits per heavy atom. The Morgan fingerprint density at radius 3 is 2.75 bits per heavy atom. The normalized spacial score (nSPS) is 27.0. The van der Waals surface area contributed by atoms with Gasteiger partial charge >= 0.3 is 0 Å². The predicted molar refractivity (Wildman–Crippen MR) is 121 cm³/mol. The fourth-order valence-corrected chi connectivity index (χ4v) is 5.92. The summed E-state index contributed by atoms with van der Waals surface area (Å²) in [6, 6.07) is 8.42. The molecule has 3 saturated heterocycles. The molecule has 4 atom stereocenters. The highest BCUT2D eigenvalue weighted by atomic mass is 16.3. The summed E-state index contributed by atoms with van der Waals surface area (Å²) in [4.78, 5) is 44.2. The van der Waals surface area contributed by atoms with E-state index in [-0.39, 0.29) is 18.4 Å². The first-order valence-electron chi connectivity index (χ1n) is 11.3. The van der Waals surface area contributed by atoms with E-state index in [1.807, 2.05) is 30.5 Å². The number of hydrogen-bond acceptors (Lipinski definition) is 4. The van der Waals surface area contributed by atoms with Gasteiger partial charge in [0, 0.05) is 60.8 Å². The topological polar surface area (TPSA) is 97.0 Å². The second-order valence-corrected chi connectivity index (χ2v) is 9.44. The largest absolute Gasteiger partial charge is 0.483 e. The zero-order valence-electron chi connectivity index (χ0n) is 18.7. The molecule has 8 nitrogen and oxygen atoms in total. The molecule has 0 radical (unpaired) electrons. The number of aromatic nitrogens is 1. The number of carbonyl (C=O) groups excluding carboxylic acids is 2. The minimum atomic E-state index is -0.250. The van der Waals surface area contributed by atoms with Crippen LogP contribution in [0, 0.1) is 11.8 Å². The minimum absolute atomic E-state index is 0.127. The Balaban J connectivity index is 0.000000775. The number of likely N-dealkylation sites (N-methyl/N-ethyl adjacent to an activating group) is 1. The molecule has 172 valence electrons. The molecule has 5 rings (SSSR count). The van der Waals surface area contributed by atoms with Crippen molar-refractivity contribution in [3.63, 3.8) is 0 Å². The van der Waals surface area contributed by atoms with Crippen molar-refractivity contribution in [3.05, 3.63) is 36.0 Å². The van der Waals surface area contributed by atoms with Crippen molar-refractivity contribution in [2.24, 2.45) is 11.8 Å². The van der Waals surface area contributed by atoms with E-state index < -0.39 is 0 Å². The van der Waals surface area contributed by atoms with Crippen LogP contribution in [0.25, 0.3) is 10.9 Å². The Hall–Kier alpha value is -2.87. The number of H-pyrrole nitrogens is 1. The van der Waals surface area contributed by atoms with Crippen molar-refractivity contribution in [3.8, 4) is 0 Å². The van der Waals surface area contributed by atoms with Crippen LogP contribution in [0.1, 0.15) is 36.0 Å². The average Bonchev–Trinajstić information content (AvgIpc) is 3.24. The van der Waals surface area contributed by atoms with Crippen LogP contribution in [-0.2, 0) is 9.59 Å². The van der Waals surface area contributed by atoms with Gasteiger partial charge in [0.25, 0.3) is 12.4 Å². The maximum absolute atomic E-state index is 13.4. The fraction of sp³-hybridized carbons (Fsp3) is 0.542. The van der Waals surface area contributed by atoms with E-state index in [4.69, 9.17) is 9.90 Å². The molecule has 0 spiro atoms. The maximum Gasteiger partial charge on any atom is 0.290 e. The number of likely N-dealkylation sites (tertiary alicyclic amines) is 1. The summed E-state index contributed by atoms with van der Waals surface area (Å²) in [5, 5.41) is 7.96. The van der Waals surface area contributed by atoms with E-state index >= 15 is 0 Å². The summed E-state index contributed by atoms with van der Waals surface area (Å²) < 4.78 is 0. The van der Waals surface area contributed by atoms with Gasteiger partial charge < -0.3 is 24.8 Å². The molecular weight excluding hydrogens is 408 g/mol. The van der Waals surface area contributed by atoms with Gasteiger partial charge in [-0.2, -0.15) is 0 Å². The van der Waals surface area contributed by atoms with Crippen molar-refractivity contribution >= 4 is 29.2 Å². The van der Waals surface area contributed by atoms with Gasteiger partial charge in [0.05, 0.1) is 0 Å². The number of aromatic amines is 1. The van der Waals surface area contributed by atoms with Crippen LogP contribution in [0.5, 0.6) is 0 Å². The quantitative estimate of drug-likeness (QED) is 0.714. The van der Waals surface area contributed by atoms with Gasteiger partial charge in [0.2, 0.25) is 5.91 Å². The Morgan fingerprint density at radius 2 is 2.00 bits per heavy atom. The first-order valence-corrected chi connectivity index (χ1v) is 11.3. The third kappa shape index (κ3) is 4.24. The zero-order chi connectivity index (χ0) is 22.8. The second kappa shape index (κ2) is 9.32. The third-order valence-electron chi connectivity index (χ3n) is 7.14. The van der Waals surface area contributed by atoms with Gasteiger partial charge in [0.1, 0.15) is 0 Å². The minimum Gasteiger partial charge on any atom is -0.483 e. The number of carboxylic acid groups (broad SMARTS) is 1. The number of nitrogens with one attached hydrogen (secondary N) is 1. The highest BCUT2D eigenvalue weighted by Gasteiger charge is 2.50. The van der Waals surface area contributed by atoms with E-state index in [1.54, 1.807) is 0 Å². The number of piperidine rings is 3. The molecule has 8 heteroatoms. The summed E-state index contributed by atoms with van der Waals surface area (Å²) in [6.45, 7) is 2.14. The van der Waals surface area contributed by atoms with E-state index in [1.165, 1.54) is 0 Å². The number of carbonyl (C=O) groups is 3. The molecule has 32 heavy (non-hydrogen) atoms. The monoisotopic (exact) mass is 440 g/mol. The summed E-state index contributed by atoms with van der Waals surface area (Å²) >= 11 is 0. The molecule has 4 heterocycles. The first kappa shape index (κ1) is 22.3. The highest BCUT2D eigenvalue weighted by Crippen LogP contribution is 2.42. The molecule has 0 unspecified atom stereocenters. The van der Waals surface area contributed by atoms with Crippen LogP contribution in [0.3, 0.4) is 0 Å². The molecule has 3 aliphatic rings. The van der Waals surface area contributed by atoms with Crippen molar-refractivity contribution in [1.29, 1.82) is 0 Å². The number of hydrogen-bond donors (Lipinski definition) is 2. The predicted octanol–water partition coefficient (Wildman–Crippen LogP) is 2.27. The molecule has 3 aliphatic heterocycles. The standard InChI is InChI=1S/C23H30N4O2.CH2O2/c1-25(2)14-21-18-11-17(20-4-3-5-22(28)27(20)21)12-26(13-18)23(29)16-6-7-19-15(10-16)8-9-24-19;2-1-3/h6-10,17-18,20-21,24H,3-5,11-14H2,1-2H3;1H,(H,2,3)/t17-,18+,20+,21+;/m1./s1. The van der Waals surface area contributed by atoms with Crippen LogP contribution < -0.4 is 0 Å². The van der Waals surface area contributed by atoms with E-state index in [2.05, 4.69) is 33.8 Å². The Bertz CT molecular complexity index is 987. The molecule has 2 N–H and O–H groups in total. The lowest BCUT2D eigenvalue weighted by atomic mass is 9.72. The fourth-order valence-electron chi connectivity index (χ4n) is 5.92. The lowest BCUT2D eigenvalue weighted by Crippen LogP contribution is -2.67. The molecule has 1 aromatic carbocycles. The number of benzene rings is 1. The zero-order valence-corrected chi connectivity index (χ0v) is 18.7. The van der Waals surface area contributed by atoms with Crippen molar-refractivity contribution in [2.75, 3.05) is 33.7 Å². The van der Waals surface area contributed by atoms with Gasteiger partial charge in [0.15, 0.2) is 0 Å². The average molecular weight is 441 g/mol. The van der Waals surface area contributed by atoms with Gasteiger partial charge in [-0.25, -0.2) is 0 Å². The highest BCUT2D eigenvalue weighted by molar-refractivity contribution is 5.98. The number of fused-ring (bicyclic) bond motifs is 5. The third-order valence-corrected chi connectivity index (χ3v) is 7.14. The van der Waals surface area contributed by atoms with Crippen LogP contribution >= 0.6 is 0 Å². The number of amides is 2. The SMILES string of the molecule is CN(C)C[C@H]1[C@H]2C[C@H](CN(C(=O)c3ccc4[nH]ccc4c3)C2)[C@@H]2CCCC(=O)N21.O=CO. The van der Waals surface area contributed by atoms with E-state index in [0.29, 0.717) is 30.2 Å². The van der Waals surface area contributed by atoms with Crippen LogP contribution in [-0.4, -0.2) is 88.9 Å². The molecule has 0 saturated carbocycles. The Labute approximate surface area is 188 Å². The van der Waals surface area contributed by atoms with Crippen LogP contribution in [0.2, 0.25) is 0 Å². The molecule has 1 aromatic heterocycles. The van der Waals surface area contributed by atoms with Gasteiger partial charge in [-0.15, -0.1) is 0 Å². The number of rotatable bonds is 3. The van der Waals surface area contributed by atoms with Gasteiger partial charge in [-0.3, -0.25) is 14.4 Å². The molecule has 0 aliphatic carbocycles. The maximum atomic E-state index is 13.4. The van der Waals surface area contributed by atoms with Crippen molar-refractivity contribution < 1.29 is 19.5 Å². The smallest absolute Gasteiger partial charge is 0.290 e. The van der Waals surface area contributed by atoms with Gasteiger partial charge in [-0.05, 0) is 69.5 Å². The summed E-state index contributed by atoms with van der Waals surface area (Å²) in [7, 11) is 4.15. The van der Waals surface area contributed by atoms with Crippen LogP contribution in [0.15, 0.2) is 30.5 Å². The van der Waals surface area contributed by atoms with Crippen molar-refractivity contribution in [1.82, 2.24) is 19.7 Å². The molecule has 2 aromatic rings. The molecule has 3 fully saturated rings. The summed E-state index contributed by atoms with van der Waals surface area (Å²) in [6.07, 6.45) is 5.77. The summed E-state index contributed by atoms with van der Waals surface area (Å²) in [5.41, 5.74) is 1.82. The Kier molecular flexibility index (Phi) is 6.50.